The van der Waals surface area contributed by atoms with Crippen LogP contribution in [0.25, 0.3) is 97.9 Å². The first kappa shape index (κ1) is 28.3. The summed E-state index contributed by atoms with van der Waals surface area (Å²) in [7, 11) is 0. The molecule has 11 rings (SSSR count). The highest BCUT2D eigenvalue weighted by atomic mass is 32.1. The lowest BCUT2D eigenvalue weighted by Gasteiger charge is -2.13. The van der Waals surface area contributed by atoms with E-state index in [0.29, 0.717) is 5.95 Å². The fraction of sp³-hybridized carbons (Fsp3) is 0. The zero-order chi connectivity index (χ0) is 33.5. The Morgan fingerprint density at radius 3 is 1.90 bits per heavy atom. The van der Waals surface area contributed by atoms with Gasteiger partial charge in [-0.3, -0.25) is 4.57 Å². The second-order valence-electron chi connectivity index (χ2n) is 13.0. The molecule has 4 heterocycles. The van der Waals surface area contributed by atoms with Gasteiger partial charge in [-0.25, -0.2) is 9.97 Å². The lowest BCUT2D eigenvalue weighted by Crippen LogP contribution is -2.04. The molecule has 0 aliphatic carbocycles. The second-order valence-corrected chi connectivity index (χ2v) is 14.0. The Hall–Kier alpha value is -6.56. The average Bonchev–Trinajstić information content (AvgIpc) is 3.86. The van der Waals surface area contributed by atoms with Crippen LogP contribution in [0.2, 0.25) is 0 Å². The molecule has 0 radical (unpaired) electrons. The molecule has 0 unspecified atom stereocenters. The number of benzene rings is 7. The van der Waals surface area contributed by atoms with Gasteiger partial charge < -0.3 is 4.57 Å². The number of nitrogens with zero attached hydrogens (tertiary/aromatic N) is 4. The van der Waals surface area contributed by atoms with Crippen LogP contribution < -0.4 is 0 Å². The molecule has 0 N–H and O–H groups in total. The van der Waals surface area contributed by atoms with Gasteiger partial charge in [-0.05, 0) is 42.5 Å². The van der Waals surface area contributed by atoms with Gasteiger partial charge in [0.05, 0.1) is 33.5 Å². The molecule has 0 bridgehead atoms. The van der Waals surface area contributed by atoms with Crippen molar-refractivity contribution in [2.45, 2.75) is 0 Å². The minimum absolute atomic E-state index is 0.653. The molecule has 0 saturated heterocycles. The van der Waals surface area contributed by atoms with Crippen molar-refractivity contribution in [3.8, 4) is 34.2 Å². The third-order valence-corrected chi connectivity index (χ3v) is 11.4. The number of fused-ring (bicyclic) bond motifs is 10. The highest BCUT2D eigenvalue weighted by Crippen LogP contribution is 2.43. The van der Waals surface area contributed by atoms with Crippen LogP contribution >= 0.6 is 11.3 Å². The van der Waals surface area contributed by atoms with Crippen molar-refractivity contribution in [3.05, 3.63) is 170 Å². The third-order valence-electron chi connectivity index (χ3n) is 10.1. The van der Waals surface area contributed by atoms with Gasteiger partial charge >= 0.3 is 0 Å². The SMILES string of the molecule is c1ccc(-c2cc(-c3cccc4c3sc3ccccc34)nc(-n3c4ccccc4c4ccc5c(c6ccccc6n5-c5ccccc5)c43)n2)cc1. The predicted octanol–water partition coefficient (Wildman–Crippen LogP) is 12.4. The predicted molar refractivity (Wildman–Crippen MR) is 214 cm³/mol. The van der Waals surface area contributed by atoms with Crippen molar-refractivity contribution in [1.82, 2.24) is 19.1 Å². The molecule has 0 spiro atoms. The second kappa shape index (κ2) is 11.0. The molecule has 0 aliphatic rings. The zero-order valence-corrected chi connectivity index (χ0v) is 28.2. The van der Waals surface area contributed by atoms with Gasteiger partial charge in [-0.2, -0.15) is 0 Å². The largest absolute Gasteiger partial charge is 0.309 e. The van der Waals surface area contributed by atoms with E-state index in [2.05, 4.69) is 179 Å². The van der Waals surface area contributed by atoms with Gasteiger partial charge in [-0.15, -0.1) is 11.3 Å². The van der Waals surface area contributed by atoms with Crippen molar-refractivity contribution in [2.75, 3.05) is 0 Å². The van der Waals surface area contributed by atoms with Crippen molar-refractivity contribution >= 4 is 75.1 Å². The number of thiophene rings is 1. The number of para-hydroxylation sites is 3. The van der Waals surface area contributed by atoms with Crippen LogP contribution in [0.15, 0.2) is 170 Å². The number of hydrogen-bond acceptors (Lipinski definition) is 3. The maximum atomic E-state index is 5.50. The normalized spacial score (nSPS) is 11.9. The molecule has 0 atom stereocenters. The molecule has 11 aromatic rings. The summed E-state index contributed by atoms with van der Waals surface area (Å²) in [6, 6.07) is 60.4. The number of rotatable bonds is 4. The monoisotopic (exact) mass is 668 g/mol. The standard InChI is InChI=1S/C46H28N4S/c1-3-14-29(15-4-1)37-28-38(35-22-13-21-34-32-19-9-12-25-42(32)51-45(34)35)48-46(47-37)50-39-23-10-7-18-31(39)33-26-27-41-43(44(33)50)36-20-8-11-24-40(36)49(41)30-16-5-2-6-17-30/h1-28H. The Morgan fingerprint density at radius 1 is 0.431 bits per heavy atom. The maximum Gasteiger partial charge on any atom is 0.235 e. The van der Waals surface area contributed by atoms with Crippen molar-refractivity contribution in [3.63, 3.8) is 0 Å². The van der Waals surface area contributed by atoms with Crippen LogP contribution in [0, 0.1) is 0 Å². The Kier molecular flexibility index (Phi) is 6.09. The Bertz CT molecular complexity index is 3130. The minimum atomic E-state index is 0.653. The summed E-state index contributed by atoms with van der Waals surface area (Å²) in [5, 5.41) is 7.26. The summed E-state index contributed by atoms with van der Waals surface area (Å²) < 4.78 is 7.19. The van der Waals surface area contributed by atoms with Gasteiger partial charge in [0.25, 0.3) is 0 Å². The van der Waals surface area contributed by atoms with E-state index in [1.165, 1.54) is 47.2 Å². The van der Waals surface area contributed by atoms with E-state index in [9.17, 15) is 0 Å². The van der Waals surface area contributed by atoms with E-state index in [0.717, 1.165) is 44.8 Å². The van der Waals surface area contributed by atoms with Gasteiger partial charge in [0.15, 0.2) is 0 Å². The minimum Gasteiger partial charge on any atom is -0.309 e. The molecule has 4 aromatic heterocycles. The first-order valence-corrected chi connectivity index (χ1v) is 18.0. The van der Waals surface area contributed by atoms with Gasteiger partial charge in [0.2, 0.25) is 5.95 Å². The van der Waals surface area contributed by atoms with Crippen LogP contribution in [-0.4, -0.2) is 19.1 Å². The highest BCUT2D eigenvalue weighted by Gasteiger charge is 2.23. The van der Waals surface area contributed by atoms with Crippen LogP contribution in [0.3, 0.4) is 0 Å². The molecule has 0 fully saturated rings. The summed E-state index contributed by atoms with van der Waals surface area (Å²) in [6.07, 6.45) is 0. The third kappa shape index (κ3) is 4.19. The highest BCUT2D eigenvalue weighted by molar-refractivity contribution is 7.26. The van der Waals surface area contributed by atoms with Gasteiger partial charge in [0, 0.05) is 58.5 Å². The smallest absolute Gasteiger partial charge is 0.235 e. The summed E-state index contributed by atoms with van der Waals surface area (Å²) in [5.41, 5.74) is 9.58. The Morgan fingerprint density at radius 2 is 1.08 bits per heavy atom. The molecule has 0 saturated carbocycles. The molecule has 0 aliphatic heterocycles. The van der Waals surface area contributed by atoms with E-state index in [4.69, 9.17) is 9.97 Å². The lowest BCUT2D eigenvalue weighted by atomic mass is 10.0. The summed E-state index contributed by atoms with van der Waals surface area (Å²) >= 11 is 1.83. The molecule has 238 valence electrons. The van der Waals surface area contributed by atoms with Crippen LogP contribution in [0.4, 0.5) is 0 Å². The van der Waals surface area contributed by atoms with E-state index >= 15 is 0 Å². The van der Waals surface area contributed by atoms with E-state index in [-0.39, 0.29) is 0 Å². The molecular weight excluding hydrogens is 641 g/mol. The fourth-order valence-electron chi connectivity index (χ4n) is 7.95. The first-order chi connectivity index (χ1) is 25.3. The summed E-state index contributed by atoms with van der Waals surface area (Å²) in [4.78, 5) is 10.9. The first-order valence-electron chi connectivity index (χ1n) is 17.2. The van der Waals surface area contributed by atoms with Crippen LogP contribution in [0.5, 0.6) is 0 Å². The molecule has 0 amide bonds. The molecule has 7 aromatic carbocycles. The average molecular weight is 669 g/mol. The van der Waals surface area contributed by atoms with E-state index < -0.39 is 0 Å². The van der Waals surface area contributed by atoms with Crippen molar-refractivity contribution in [1.29, 1.82) is 0 Å². The Labute approximate surface area is 297 Å². The van der Waals surface area contributed by atoms with Gasteiger partial charge in [0.1, 0.15) is 0 Å². The van der Waals surface area contributed by atoms with E-state index in [1.54, 1.807) is 0 Å². The fourth-order valence-corrected chi connectivity index (χ4v) is 9.17. The van der Waals surface area contributed by atoms with Crippen molar-refractivity contribution in [2.24, 2.45) is 0 Å². The van der Waals surface area contributed by atoms with E-state index in [1.807, 2.05) is 11.3 Å². The summed E-state index contributed by atoms with van der Waals surface area (Å²) in [6.45, 7) is 0. The van der Waals surface area contributed by atoms with Crippen LogP contribution in [-0.2, 0) is 0 Å². The summed E-state index contributed by atoms with van der Waals surface area (Å²) in [5.74, 6) is 0.653. The maximum absolute atomic E-state index is 5.50. The van der Waals surface area contributed by atoms with Crippen LogP contribution in [0.1, 0.15) is 0 Å². The molecule has 5 heteroatoms. The van der Waals surface area contributed by atoms with Gasteiger partial charge in [-0.1, -0.05) is 127 Å². The number of hydrogen-bond donors (Lipinski definition) is 0. The molecule has 51 heavy (non-hydrogen) atoms. The zero-order valence-electron chi connectivity index (χ0n) is 27.4. The van der Waals surface area contributed by atoms with Crippen molar-refractivity contribution < 1.29 is 0 Å². The molecular formula is C46H28N4S. The molecule has 4 nitrogen and oxygen atoms in total. The quantitative estimate of drug-likeness (QED) is 0.187. The Balaban J connectivity index is 1.29. The lowest BCUT2D eigenvalue weighted by molar-refractivity contribution is 0.999. The number of aromatic nitrogens is 4. The topological polar surface area (TPSA) is 35.6 Å².